The summed E-state index contributed by atoms with van der Waals surface area (Å²) in [5.41, 5.74) is 0.00579. The van der Waals surface area contributed by atoms with E-state index in [9.17, 15) is 8.78 Å². The van der Waals surface area contributed by atoms with Gasteiger partial charge in [-0.3, -0.25) is 0 Å². The standard InChI is InChI=1S/C8H4BrClF2N2/c9-6-5(8(11)12)3-4(1-2-13)14-7(6)10/h3,8H,1H2. The molecule has 0 bridgehead atoms. The Balaban J connectivity index is 3.22. The van der Waals surface area contributed by atoms with Gasteiger partial charge in [0.2, 0.25) is 0 Å². The maximum atomic E-state index is 12.4. The molecule has 0 aliphatic rings. The first-order valence-corrected chi connectivity index (χ1v) is 4.73. The third kappa shape index (κ3) is 2.40. The molecule has 0 N–H and O–H groups in total. The van der Waals surface area contributed by atoms with Crippen LogP contribution in [0.2, 0.25) is 5.15 Å². The fraction of sp³-hybridized carbons (Fsp3) is 0.250. The van der Waals surface area contributed by atoms with E-state index in [1.807, 2.05) is 6.07 Å². The van der Waals surface area contributed by atoms with Crippen LogP contribution in [0.5, 0.6) is 0 Å². The zero-order chi connectivity index (χ0) is 10.7. The lowest BCUT2D eigenvalue weighted by Crippen LogP contribution is -1.95. The van der Waals surface area contributed by atoms with Crippen molar-refractivity contribution in [1.82, 2.24) is 4.98 Å². The van der Waals surface area contributed by atoms with Crippen LogP contribution in [0.4, 0.5) is 8.78 Å². The molecule has 0 spiro atoms. The summed E-state index contributed by atoms with van der Waals surface area (Å²) in [7, 11) is 0. The second-order valence-electron chi connectivity index (χ2n) is 2.44. The van der Waals surface area contributed by atoms with Gasteiger partial charge in [0.05, 0.1) is 22.7 Å². The van der Waals surface area contributed by atoms with E-state index in [0.717, 1.165) is 0 Å². The molecule has 0 fully saturated rings. The zero-order valence-electron chi connectivity index (χ0n) is 6.77. The van der Waals surface area contributed by atoms with Crippen molar-refractivity contribution in [1.29, 1.82) is 5.26 Å². The van der Waals surface area contributed by atoms with E-state index in [4.69, 9.17) is 16.9 Å². The largest absolute Gasteiger partial charge is 0.265 e. The average molecular weight is 281 g/mol. The van der Waals surface area contributed by atoms with E-state index in [1.165, 1.54) is 6.07 Å². The summed E-state index contributed by atoms with van der Waals surface area (Å²) in [6.45, 7) is 0. The Kier molecular flexibility index (Phi) is 3.78. The van der Waals surface area contributed by atoms with E-state index in [-0.39, 0.29) is 27.3 Å². The first-order chi connectivity index (χ1) is 6.56. The third-order valence-electron chi connectivity index (χ3n) is 1.49. The van der Waals surface area contributed by atoms with Gasteiger partial charge in [-0.25, -0.2) is 13.8 Å². The molecule has 14 heavy (non-hydrogen) atoms. The summed E-state index contributed by atoms with van der Waals surface area (Å²) in [6.07, 6.45) is -2.67. The highest BCUT2D eigenvalue weighted by atomic mass is 79.9. The van der Waals surface area contributed by atoms with Gasteiger partial charge in [0.15, 0.2) is 0 Å². The third-order valence-corrected chi connectivity index (χ3v) is 2.83. The fourth-order valence-electron chi connectivity index (χ4n) is 0.900. The van der Waals surface area contributed by atoms with Gasteiger partial charge < -0.3 is 0 Å². The fourth-order valence-corrected chi connectivity index (χ4v) is 1.49. The molecule has 1 rings (SSSR count). The summed E-state index contributed by atoms with van der Waals surface area (Å²) < 4.78 is 24.9. The Morgan fingerprint density at radius 3 is 2.79 bits per heavy atom. The van der Waals surface area contributed by atoms with Gasteiger partial charge in [0.1, 0.15) is 5.15 Å². The molecule has 0 atom stereocenters. The van der Waals surface area contributed by atoms with Crippen molar-refractivity contribution in [3.63, 3.8) is 0 Å². The lowest BCUT2D eigenvalue weighted by molar-refractivity contribution is 0.150. The van der Waals surface area contributed by atoms with Gasteiger partial charge in [-0.1, -0.05) is 11.6 Å². The highest BCUT2D eigenvalue weighted by Crippen LogP contribution is 2.32. The van der Waals surface area contributed by atoms with E-state index >= 15 is 0 Å². The van der Waals surface area contributed by atoms with Gasteiger partial charge in [0, 0.05) is 5.56 Å². The lowest BCUT2D eigenvalue weighted by Gasteiger charge is -2.06. The van der Waals surface area contributed by atoms with Gasteiger partial charge in [-0.15, -0.1) is 0 Å². The lowest BCUT2D eigenvalue weighted by atomic mass is 10.2. The summed E-state index contributed by atoms with van der Waals surface area (Å²) in [4.78, 5) is 3.77. The van der Waals surface area contributed by atoms with Crippen LogP contribution < -0.4 is 0 Å². The molecule has 0 unspecified atom stereocenters. The highest BCUT2D eigenvalue weighted by molar-refractivity contribution is 9.10. The number of hydrogen-bond donors (Lipinski definition) is 0. The van der Waals surface area contributed by atoms with Crippen molar-refractivity contribution in [2.75, 3.05) is 0 Å². The minimum Gasteiger partial charge on any atom is -0.239 e. The first kappa shape index (κ1) is 11.3. The molecular formula is C8H4BrClF2N2. The minimum absolute atomic E-state index is 0.0350. The number of nitriles is 1. The van der Waals surface area contributed by atoms with E-state index in [0.29, 0.717) is 0 Å². The molecule has 0 radical (unpaired) electrons. The zero-order valence-corrected chi connectivity index (χ0v) is 9.11. The molecular weight excluding hydrogens is 277 g/mol. The molecule has 0 amide bonds. The molecule has 1 aromatic rings. The molecule has 6 heteroatoms. The molecule has 0 aliphatic heterocycles. The Hall–Kier alpha value is -0.730. The Morgan fingerprint density at radius 1 is 1.64 bits per heavy atom. The average Bonchev–Trinajstić information content (AvgIpc) is 2.11. The summed E-state index contributed by atoms with van der Waals surface area (Å²) >= 11 is 8.51. The highest BCUT2D eigenvalue weighted by Gasteiger charge is 2.16. The van der Waals surface area contributed by atoms with Crippen LogP contribution in [0, 0.1) is 11.3 Å². The Morgan fingerprint density at radius 2 is 2.29 bits per heavy atom. The van der Waals surface area contributed by atoms with Crippen molar-refractivity contribution in [2.24, 2.45) is 0 Å². The number of aromatic nitrogens is 1. The van der Waals surface area contributed by atoms with Gasteiger partial charge in [-0.2, -0.15) is 5.26 Å². The number of halogens is 4. The Labute approximate surface area is 92.6 Å². The monoisotopic (exact) mass is 280 g/mol. The Bertz CT molecular complexity index is 390. The summed E-state index contributed by atoms with van der Waals surface area (Å²) in [5.74, 6) is 0. The molecule has 2 nitrogen and oxygen atoms in total. The molecule has 1 heterocycles. The number of alkyl halides is 2. The topological polar surface area (TPSA) is 36.7 Å². The van der Waals surface area contributed by atoms with Crippen LogP contribution >= 0.6 is 27.5 Å². The van der Waals surface area contributed by atoms with E-state index in [1.54, 1.807) is 0 Å². The second kappa shape index (κ2) is 4.67. The summed E-state index contributed by atoms with van der Waals surface area (Å²) in [6, 6.07) is 2.99. The van der Waals surface area contributed by atoms with Gasteiger partial charge in [-0.05, 0) is 22.0 Å². The molecule has 0 saturated heterocycles. The maximum absolute atomic E-state index is 12.4. The molecule has 0 saturated carbocycles. The van der Waals surface area contributed by atoms with Crippen LogP contribution in [0.1, 0.15) is 17.7 Å². The van der Waals surface area contributed by atoms with Crippen LogP contribution in [0.15, 0.2) is 10.5 Å². The van der Waals surface area contributed by atoms with Crippen molar-refractivity contribution in [2.45, 2.75) is 12.8 Å². The normalized spacial score (nSPS) is 10.3. The van der Waals surface area contributed by atoms with Gasteiger partial charge in [0.25, 0.3) is 6.43 Å². The number of hydrogen-bond acceptors (Lipinski definition) is 2. The minimum atomic E-state index is -2.64. The van der Waals surface area contributed by atoms with Crippen molar-refractivity contribution in [3.05, 3.63) is 26.9 Å². The van der Waals surface area contributed by atoms with Crippen LogP contribution in [-0.2, 0) is 6.42 Å². The molecule has 0 aliphatic carbocycles. The van der Waals surface area contributed by atoms with Crippen LogP contribution in [0.3, 0.4) is 0 Å². The predicted molar refractivity (Wildman–Crippen MR) is 51.2 cm³/mol. The van der Waals surface area contributed by atoms with E-state index in [2.05, 4.69) is 20.9 Å². The predicted octanol–water partition coefficient (Wildman–Crippen LogP) is 3.50. The number of rotatable bonds is 2. The number of nitrogens with zero attached hydrogens (tertiary/aromatic N) is 2. The maximum Gasteiger partial charge on any atom is 0.265 e. The smallest absolute Gasteiger partial charge is 0.239 e. The van der Waals surface area contributed by atoms with Gasteiger partial charge >= 0.3 is 0 Å². The summed E-state index contributed by atoms with van der Waals surface area (Å²) in [5, 5.41) is 8.33. The molecule has 74 valence electrons. The quantitative estimate of drug-likeness (QED) is 0.778. The van der Waals surface area contributed by atoms with Crippen molar-refractivity contribution < 1.29 is 8.78 Å². The molecule has 1 aromatic heterocycles. The second-order valence-corrected chi connectivity index (χ2v) is 3.59. The molecule has 0 aromatic carbocycles. The SMILES string of the molecule is N#CCc1cc(C(F)F)c(Br)c(Cl)n1. The first-order valence-electron chi connectivity index (χ1n) is 3.56. The number of pyridine rings is 1. The van der Waals surface area contributed by atoms with Crippen molar-refractivity contribution in [3.8, 4) is 6.07 Å². The van der Waals surface area contributed by atoms with E-state index < -0.39 is 6.43 Å². The van der Waals surface area contributed by atoms with Crippen LogP contribution in [-0.4, -0.2) is 4.98 Å². The van der Waals surface area contributed by atoms with Crippen molar-refractivity contribution >= 4 is 27.5 Å². The van der Waals surface area contributed by atoms with Crippen LogP contribution in [0.25, 0.3) is 0 Å².